The van der Waals surface area contributed by atoms with Crippen molar-refractivity contribution in [2.24, 2.45) is 0 Å². The first-order valence-corrected chi connectivity index (χ1v) is 4.53. The lowest BCUT2D eigenvalue weighted by atomic mass is 9.94. The number of carboxylic acids is 1. The van der Waals surface area contributed by atoms with Crippen LogP contribution in [0.5, 0.6) is 0 Å². The Kier molecular flexibility index (Phi) is 3.12. The molecule has 2 N–H and O–H groups in total. The van der Waals surface area contributed by atoms with E-state index in [4.69, 9.17) is 5.11 Å². The molecular weight excluding hydrogens is 166 g/mol. The minimum Gasteiger partial charge on any atom is -0.481 e. The standard InChI is InChI=1S/C10H15NO2/c1-3-4-8(10(12)13)9-6-11-5-7(9)2/h5-6,8,11H,3-4H2,1-2H3,(H,12,13). The second-order valence-corrected chi connectivity index (χ2v) is 3.27. The molecule has 0 bridgehead atoms. The van der Waals surface area contributed by atoms with E-state index < -0.39 is 5.97 Å². The molecule has 13 heavy (non-hydrogen) atoms. The van der Waals surface area contributed by atoms with E-state index in [1.54, 1.807) is 6.20 Å². The van der Waals surface area contributed by atoms with Gasteiger partial charge < -0.3 is 10.1 Å². The van der Waals surface area contributed by atoms with Crippen molar-refractivity contribution < 1.29 is 9.90 Å². The molecule has 72 valence electrons. The lowest BCUT2D eigenvalue weighted by Gasteiger charge is -2.10. The highest BCUT2D eigenvalue weighted by molar-refractivity contribution is 5.76. The Labute approximate surface area is 77.8 Å². The van der Waals surface area contributed by atoms with Gasteiger partial charge in [0.05, 0.1) is 5.92 Å². The number of nitrogens with one attached hydrogen (secondary N) is 1. The quantitative estimate of drug-likeness (QED) is 0.748. The van der Waals surface area contributed by atoms with Gasteiger partial charge in [-0.1, -0.05) is 13.3 Å². The van der Waals surface area contributed by atoms with Gasteiger partial charge in [-0.3, -0.25) is 4.79 Å². The number of aryl methyl sites for hydroxylation is 1. The third-order valence-electron chi connectivity index (χ3n) is 2.24. The number of aromatic nitrogens is 1. The van der Waals surface area contributed by atoms with Gasteiger partial charge in [-0.15, -0.1) is 0 Å². The predicted molar refractivity (Wildman–Crippen MR) is 50.8 cm³/mol. The van der Waals surface area contributed by atoms with Crippen LogP contribution in [-0.4, -0.2) is 16.1 Å². The Morgan fingerprint density at radius 2 is 2.31 bits per heavy atom. The number of carboxylic acid groups (broad SMARTS) is 1. The summed E-state index contributed by atoms with van der Waals surface area (Å²) in [6.45, 7) is 3.93. The molecule has 0 aliphatic heterocycles. The van der Waals surface area contributed by atoms with Gasteiger partial charge in [0, 0.05) is 12.4 Å². The molecule has 0 saturated heterocycles. The number of aromatic amines is 1. The van der Waals surface area contributed by atoms with Crippen LogP contribution in [0.4, 0.5) is 0 Å². The molecule has 0 radical (unpaired) electrons. The average molecular weight is 181 g/mol. The van der Waals surface area contributed by atoms with Crippen LogP contribution in [0.25, 0.3) is 0 Å². The van der Waals surface area contributed by atoms with Crippen LogP contribution >= 0.6 is 0 Å². The monoisotopic (exact) mass is 181 g/mol. The van der Waals surface area contributed by atoms with Crippen LogP contribution in [0.3, 0.4) is 0 Å². The Balaban J connectivity index is 2.88. The van der Waals surface area contributed by atoms with E-state index in [-0.39, 0.29) is 5.92 Å². The highest BCUT2D eigenvalue weighted by atomic mass is 16.4. The van der Waals surface area contributed by atoms with Gasteiger partial charge in [0.15, 0.2) is 0 Å². The normalized spacial score (nSPS) is 12.8. The van der Waals surface area contributed by atoms with E-state index in [1.165, 1.54) is 0 Å². The molecule has 1 heterocycles. The summed E-state index contributed by atoms with van der Waals surface area (Å²) in [7, 11) is 0. The first-order valence-electron chi connectivity index (χ1n) is 4.53. The van der Waals surface area contributed by atoms with E-state index in [0.29, 0.717) is 6.42 Å². The maximum absolute atomic E-state index is 10.9. The van der Waals surface area contributed by atoms with Gasteiger partial charge in [-0.05, 0) is 24.5 Å². The van der Waals surface area contributed by atoms with Crippen molar-refractivity contribution in [3.63, 3.8) is 0 Å². The number of rotatable bonds is 4. The average Bonchev–Trinajstić information content (AvgIpc) is 2.47. The number of hydrogen-bond acceptors (Lipinski definition) is 1. The predicted octanol–water partition coefficient (Wildman–Crippen LogP) is 2.29. The van der Waals surface area contributed by atoms with Crippen LogP contribution < -0.4 is 0 Å². The molecule has 0 saturated carbocycles. The first-order chi connectivity index (χ1) is 6.16. The van der Waals surface area contributed by atoms with Crippen LogP contribution in [0, 0.1) is 6.92 Å². The van der Waals surface area contributed by atoms with Gasteiger partial charge in [-0.2, -0.15) is 0 Å². The van der Waals surface area contributed by atoms with E-state index in [0.717, 1.165) is 17.5 Å². The smallest absolute Gasteiger partial charge is 0.311 e. The number of carbonyl (C=O) groups is 1. The minimum atomic E-state index is -0.732. The van der Waals surface area contributed by atoms with Gasteiger partial charge in [-0.25, -0.2) is 0 Å². The molecule has 0 amide bonds. The summed E-state index contributed by atoms with van der Waals surface area (Å²) in [5, 5.41) is 8.99. The molecular formula is C10H15NO2. The van der Waals surface area contributed by atoms with E-state index >= 15 is 0 Å². The Morgan fingerprint density at radius 3 is 2.69 bits per heavy atom. The molecule has 1 atom stereocenters. The molecule has 1 unspecified atom stereocenters. The van der Waals surface area contributed by atoms with Crippen LogP contribution in [0.2, 0.25) is 0 Å². The zero-order valence-corrected chi connectivity index (χ0v) is 8.00. The highest BCUT2D eigenvalue weighted by Gasteiger charge is 2.20. The zero-order valence-electron chi connectivity index (χ0n) is 8.00. The summed E-state index contributed by atoms with van der Waals surface area (Å²) < 4.78 is 0. The molecule has 1 rings (SSSR count). The van der Waals surface area contributed by atoms with Crippen molar-refractivity contribution in [2.45, 2.75) is 32.6 Å². The summed E-state index contributed by atoms with van der Waals surface area (Å²) in [5.74, 6) is -1.08. The molecule has 1 aromatic rings. The zero-order chi connectivity index (χ0) is 9.84. The Bertz CT molecular complexity index is 291. The van der Waals surface area contributed by atoms with Gasteiger partial charge in [0.25, 0.3) is 0 Å². The van der Waals surface area contributed by atoms with Crippen LogP contribution in [-0.2, 0) is 4.79 Å². The van der Waals surface area contributed by atoms with Crippen molar-refractivity contribution in [3.05, 3.63) is 23.5 Å². The van der Waals surface area contributed by atoms with Crippen molar-refractivity contribution in [3.8, 4) is 0 Å². The molecule has 0 spiro atoms. The van der Waals surface area contributed by atoms with Crippen molar-refractivity contribution in [1.82, 2.24) is 4.98 Å². The summed E-state index contributed by atoms with van der Waals surface area (Å²) in [5.41, 5.74) is 1.94. The summed E-state index contributed by atoms with van der Waals surface area (Å²) >= 11 is 0. The SMILES string of the molecule is CCCC(C(=O)O)c1c[nH]cc1C. The van der Waals surface area contributed by atoms with E-state index in [9.17, 15) is 4.79 Å². The van der Waals surface area contributed by atoms with Crippen LogP contribution in [0.15, 0.2) is 12.4 Å². The maximum atomic E-state index is 10.9. The molecule has 3 nitrogen and oxygen atoms in total. The molecule has 1 aromatic heterocycles. The fourth-order valence-electron chi connectivity index (χ4n) is 1.53. The summed E-state index contributed by atoms with van der Waals surface area (Å²) in [6.07, 6.45) is 5.21. The largest absolute Gasteiger partial charge is 0.481 e. The summed E-state index contributed by atoms with van der Waals surface area (Å²) in [6, 6.07) is 0. The molecule has 0 aliphatic carbocycles. The Hall–Kier alpha value is -1.25. The third-order valence-corrected chi connectivity index (χ3v) is 2.24. The maximum Gasteiger partial charge on any atom is 0.311 e. The third kappa shape index (κ3) is 2.11. The minimum absolute atomic E-state index is 0.351. The molecule has 0 fully saturated rings. The van der Waals surface area contributed by atoms with Gasteiger partial charge >= 0.3 is 5.97 Å². The number of aliphatic carboxylic acids is 1. The highest BCUT2D eigenvalue weighted by Crippen LogP contribution is 2.24. The van der Waals surface area contributed by atoms with Crippen LogP contribution in [0.1, 0.15) is 36.8 Å². The van der Waals surface area contributed by atoms with Gasteiger partial charge in [0.2, 0.25) is 0 Å². The first kappa shape index (κ1) is 9.84. The van der Waals surface area contributed by atoms with Gasteiger partial charge in [0.1, 0.15) is 0 Å². The van der Waals surface area contributed by atoms with Crippen molar-refractivity contribution in [1.29, 1.82) is 0 Å². The second kappa shape index (κ2) is 4.12. The molecule has 0 aromatic carbocycles. The number of hydrogen-bond donors (Lipinski definition) is 2. The van der Waals surface area contributed by atoms with Crippen molar-refractivity contribution >= 4 is 5.97 Å². The molecule has 0 aliphatic rings. The van der Waals surface area contributed by atoms with Crippen molar-refractivity contribution in [2.75, 3.05) is 0 Å². The Morgan fingerprint density at radius 1 is 1.62 bits per heavy atom. The lowest BCUT2D eigenvalue weighted by molar-refractivity contribution is -0.139. The van der Waals surface area contributed by atoms with E-state index in [2.05, 4.69) is 4.98 Å². The second-order valence-electron chi connectivity index (χ2n) is 3.27. The fourth-order valence-corrected chi connectivity index (χ4v) is 1.53. The number of H-pyrrole nitrogens is 1. The van der Waals surface area contributed by atoms with E-state index in [1.807, 2.05) is 20.0 Å². The molecule has 3 heteroatoms. The topological polar surface area (TPSA) is 53.1 Å². The fraction of sp³-hybridized carbons (Fsp3) is 0.500. The summed E-state index contributed by atoms with van der Waals surface area (Å²) in [4.78, 5) is 13.9. The lowest BCUT2D eigenvalue weighted by Crippen LogP contribution is -2.11.